The van der Waals surface area contributed by atoms with Crippen LogP contribution in [0.25, 0.3) is 0 Å². The standard InChI is InChI=1S/C19H21NO3/c1-13(16-8-4-3-5-9-16)14(2)20-18(21)12-15-7-6-10-17(11-15)19(22)23/h3-11,13-14H,12H2,1-2H3,(H,20,21)(H,22,23). The van der Waals surface area contributed by atoms with Crippen LogP contribution in [0.15, 0.2) is 54.6 Å². The van der Waals surface area contributed by atoms with Crippen LogP contribution in [0.2, 0.25) is 0 Å². The fraction of sp³-hybridized carbons (Fsp3) is 0.263. The van der Waals surface area contributed by atoms with E-state index in [2.05, 4.69) is 12.2 Å². The van der Waals surface area contributed by atoms with Crippen molar-refractivity contribution in [3.8, 4) is 0 Å². The van der Waals surface area contributed by atoms with Crippen molar-refractivity contribution < 1.29 is 14.7 Å². The molecule has 1 amide bonds. The predicted molar refractivity (Wildman–Crippen MR) is 89.6 cm³/mol. The number of amides is 1. The van der Waals surface area contributed by atoms with Gasteiger partial charge in [-0.05, 0) is 30.2 Å². The second-order valence-electron chi connectivity index (χ2n) is 5.74. The highest BCUT2D eigenvalue weighted by molar-refractivity contribution is 5.88. The molecule has 2 unspecified atom stereocenters. The molecule has 23 heavy (non-hydrogen) atoms. The number of carbonyl (C=O) groups is 2. The molecule has 120 valence electrons. The molecular weight excluding hydrogens is 290 g/mol. The third kappa shape index (κ3) is 4.68. The average molecular weight is 311 g/mol. The van der Waals surface area contributed by atoms with E-state index in [0.29, 0.717) is 5.56 Å². The highest BCUT2D eigenvalue weighted by Gasteiger charge is 2.16. The van der Waals surface area contributed by atoms with Crippen molar-refractivity contribution in [3.63, 3.8) is 0 Å². The van der Waals surface area contributed by atoms with E-state index < -0.39 is 5.97 Å². The van der Waals surface area contributed by atoms with Gasteiger partial charge in [-0.2, -0.15) is 0 Å². The molecule has 2 rings (SSSR count). The number of nitrogens with one attached hydrogen (secondary N) is 1. The van der Waals surface area contributed by atoms with Crippen molar-refractivity contribution in [2.75, 3.05) is 0 Å². The lowest BCUT2D eigenvalue weighted by atomic mass is 9.94. The highest BCUT2D eigenvalue weighted by Crippen LogP contribution is 2.18. The van der Waals surface area contributed by atoms with Crippen LogP contribution in [0.5, 0.6) is 0 Å². The predicted octanol–water partition coefficient (Wildman–Crippen LogP) is 3.24. The van der Waals surface area contributed by atoms with Crippen LogP contribution < -0.4 is 5.32 Å². The number of carboxylic acids is 1. The van der Waals surface area contributed by atoms with Crippen molar-refractivity contribution in [2.45, 2.75) is 32.2 Å². The van der Waals surface area contributed by atoms with E-state index in [-0.39, 0.29) is 29.9 Å². The fourth-order valence-corrected chi connectivity index (χ4v) is 2.47. The molecule has 2 atom stereocenters. The van der Waals surface area contributed by atoms with E-state index in [4.69, 9.17) is 5.11 Å². The van der Waals surface area contributed by atoms with Gasteiger partial charge in [-0.15, -0.1) is 0 Å². The summed E-state index contributed by atoms with van der Waals surface area (Å²) in [5.41, 5.74) is 2.07. The maximum absolute atomic E-state index is 12.2. The van der Waals surface area contributed by atoms with Crippen LogP contribution in [0.3, 0.4) is 0 Å². The van der Waals surface area contributed by atoms with Gasteiger partial charge >= 0.3 is 5.97 Å². The largest absolute Gasteiger partial charge is 0.478 e. The summed E-state index contributed by atoms with van der Waals surface area (Å²) < 4.78 is 0. The molecule has 4 heteroatoms. The van der Waals surface area contributed by atoms with E-state index in [1.54, 1.807) is 12.1 Å². The van der Waals surface area contributed by atoms with Gasteiger partial charge in [0.15, 0.2) is 0 Å². The van der Waals surface area contributed by atoms with Gasteiger partial charge < -0.3 is 10.4 Å². The summed E-state index contributed by atoms with van der Waals surface area (Å²) in [5.74, 6) is -0.897. The number of hydrogen-bond donors (Lipinski definition) is 2. The lowest BCUT2D eigenvalue weighted by Crippen LogP contribution is -2.37. The first kappa shape index (κ1) is 16.7. The van der Waals surface area contributed by atoms with Crippen molar-refractivity contribution >= 4 is 11.9 Å². The molecule has 0 heterocycles. The smallest absolute Gasteiger partial charge is 0.335 e. The Kier molecular flexibility index (Phi) is 5.52. The molecule has 2 aromatic carbocycles. The van der Waals surface area contributed by atoms with E-state index >= 15 is 0 Å². The van der Waals surface area contributed by atoms with E-state index in [1.165, 1.54) is 17.7 Å². The monoisotopic (exact) mass is 311 g/mol. The SMILES string of the molecule is CC(NC(=O)Cc1cccc(C(=O)O)c1)C(C)c1ccccc1. The Hall–Kier alpha value is -2.62. The van der Waals surface area contributed by atoms with Gasteiger partial charge in [0.1, 0.15) is 0 Å². The van der Waals surface area contributed by atoms with Crippen molar-refractivity contribution in [1.82, 2.24) is 5.32 Å². The zero-order valence-electron chi connectivity index (χ0n) is 13.3. The van der Waals surface area contributed by atoms with Gasteiger partial charge in [0.05, 0.1) is 12.0 Å². The summed E-state index contributed by atoms with van der Waals surface area (Å²) in [5, 5.41) is 12.0. The molecule has 0 bridgehead atoms. The van der Waals surface area contributed by atoms with Crippen molar-refractivity contribution in [2.24, 2.45) is 0 Å². The summed E-state index contributed by atoms with van der Waals surface area (Å²) in [4.78, 5) is 23.1. The molecule has 2 aromatic rings. The van der Waals surface area contributed by atoms with Crippen molar-refractivity contribution in [1.29, 1.82) is 0 Å². The molecule has 0 spiro atoms. The summed E-state index contributed by atoms with van der Waals surface area (Å²) in [6, 6.07) is 16.5. The molecule has 4 nitrogen and oxygen atoms in total. The molecule has 0 aliphatic rings. The van der Waals surface area contributed by atoms with Crippen LogP contribution in [0, 0.1) is 0 Å². The van der Waals surface area contributed by atoms with Crippen LogP contribution in [0.4, 0.5) is 0 Å². The van der Waals surface area contributed by atoms with Crippen LogP contribution in [-0.4, -0.2) is 23.0 Å². The fourth-order valence-electron chi connectivity index (χ4n) is 2.47. The van der Waals surface area contributed by atoms with Gasteiger partial charge in [0, 0.05) is 12.0 Å². The number of hydrogen-bond acceptors (Lipinski definition) is 2. The Morgan fingerprint density at radius 1 is 1.04 bits per heavy atom. The summed E-state index contributed by atoms with van der Waals surface area (Å²) in [6.45, 7) is 4.05. The summed E-state index contributed by atoms with van der Waals surface area (Å²) in [7, 11) is 0. The number of aromatic carboxylic acids is 1. The number of carbonyl (C=O) groups excluding carboxylic acids is 1. The first-order valence-electron chi connectivity index (χ1n) is 7.64. The maximum Gasteiger partial charge on any atom is 0.335 e. The highest BCUT2D eigenvalue weighted by atomic mass is 16.4. The van der Waals surface area contributed by atoms with Crippen LogP contribution >= 0.6 is 0 Å². The van der Waals surface area contributed by atoms with Crippen LogP contribution in [-0.2, 0) is 11.2 Å². The summed E-state index contributed by atoms with van der Waals surface area (Å²) >= 11 is 0. The zero-order chi connectivity index (χ0) is 16.8. The normalized spacial score (nSPS) is 13.1. The molecule has 0 saturated heterocycles. The third-order valence-electron chi connectivity index (χ3n) is 4.00. The third-order valence-corrected chi connectivity index (χ3v) is 4.00. The first-order chi connectivity index (χ1) is 11.0. The Morgan fingerprint density at radius 2 is 1.74 bits per heavy atom. The van der Waals surface area contributed by atoms with Gasteiger partial charge in [-0.25, -0.2) is 4.79 Å². The maximum atomic E-state index is 12.2. The Balaban J connectivity index is 1.96. The Morgan fingerprint density at radius 3 is 2.39 bits per heavy atom. The molecule has 0 aliphatic carbocycles. The number of carboxylic acid groups (broad SMARTS) is 1. The van der Waals surface area contributed by atoms with E-state index in [9.17, 15) is 9.59 Å². The summed E-state index contributed by atoms with van der Waals surface area (Å²) in [6.07, 6.45) is 0.174. The van der Waals surface area contributed by atoms with E-state index in [1.807, 2.05) is 37.3 Å². The molecule has 0 fully saturated rings. The minimum atomic E-state index is -0.988. The van der Waals surface area contributed by atoms with Gasteiger partial charge in [-0.3, -0.25) is 4.79 Å². The second kappa shape index (κ2) is 7.58. The minimum Gasteiger partial charge on any atom is -0.478 e. The Bertz CT molecular complexity index is 682. The van der Waals surface area contributed by atoms with Crippen LogP contribution in [0.1, 0.15) is 41.3 Å². The lowest BCUT2D eigenvalue weighted by Gasteiger charge is -2.21. The zero-order valence-corrected chi connectivity index (χ0v) is 13.3. The number of benzene rings is 2. The quantitative estimate of drug-likeness (QED) is 0.860. The molecular formula is C19H21NO3. The topological polar surface area (TPSA) is 66.4 Å². The van der Waals surface area contributed by atoms with Gasteiger partial charge in [0.25, 0.3) is 0 Å². The van der Waals surface area contributed by atoms with Gasteiger partial charge in [-0.1, -0.05) is 49.4 Å². The molecule has 2 N–H and O–H groups in total. The molecule has 0 aromatic heterocycles. The second-order valence-corrected chi connectivity index (χ2v) is 5.74. The van der Waals surface area contributed by atoms with E-state index in [0.717, 1.165) is 0 Å². The molecule has 0 radical (unpaired) electrons. The molecule has 0 saturated carbocycles. The Labute approximate surface area is 136 Å². The van der Waals surface area contributed by atoms with Gasteiger partial charge in [0.2, 0.25) is 5.91 Å². The van der Waals surface area contributed by atoms with Crippen molar-refractivity contribution in [3.05, 3.63) is 71.3 Å². The molecule has 0 aliphatic heterocycles. The minimum absolute atomic E-state index is 0.00689. The lowest BCUT2D eigenvalue weighted by molar-refractivity contribution is -0.121. The first-order valence-corrected chi connectivity index (χ1v) is 7.64. The number of rotatable bonds is 6. The average Bonchev–Trinajstić information content (AvgIpc) is 2.55.